The van der Waals surface area contributed by atoms with Crippen molar-refractivity contribution in [1.29, 1.82) is 0 Å². The molecular formula is C10H9ClN2O3S. The Balaban J connectivity index is 2.93. The van der Waals surface area contributed by atoms with E-state index < -0.39 is 11.4 Å². The smallest absolute Gasteiger partial charge is 0.362 e. The maximum absolute atomic E-state index is 12.1. The summed E-state index contributed by atoms with van der Waals surface area (Å²) in [5.41, 5.74) is 0.00508. The second-order valence-electron chi connectivity index (χ2n) is 3.47. The number of aryl methyl sites for hydroxylation is 2. The third kappa shape index (κ3) is 1.73. The van der Waals surface area contributed by atoms with Crippen molar-refractivity contribution in [3.05, 3.63) is 25.8 Å². The van der Waals surface area contributed by atoms with Crippen LogP contribution in [0.25, 0.3) is 10.2 Å². The van der Waals surface area contributed by atoms with E-state index in [0.717, 1.165) is 0 Å². The minimum atomic E-state index is -0.741. The van der Waals surface area contributed by atoms with E-state index in [1.54, 1.807) is 14.0 Å². The average molecular weight is 273 g/mol. The highest BCUT2D eigenvalue weighted by molar-refractivity contribution is 7.22. The van der Waals surface area contributed by atoms with Gasteiger partial charge in [0.05, 0.1) is 16.8 Å². The first-order valence-corrected chi connectivity index (χ1v) is 5.91. The lowest BCUT2D eigenvalue weighted by molar-refractivity contribution is 0.0590. The number of methoxy groups -OCH3 is 1. The number of thiophene rings is 1. The fourth-order valence-electron chi connectivity index (χ4n) is 1.56. The van der Waals surface area contributed by atoms with Crippen molar-refractivity contribution in [2.75, 3.05) is 7.11 Å². The molecule has 17 heavy (non-hydrogen) atoms. The van der Waals surface area contributed by atoms with Crippen molar-refractivity contribution in [2.24, 2.45) is 7.05 Å². The van der Waals surface area contributed by atoms with Crippen molar-refractivity contribution >= 4 is 39.1 Å². The normalized spacial score (nSPS) is 10.8. The molecule has 7 heteroatoms. The van der Waals surface area contributed by atoms with Crippen LogP contribution < -0.4 is 5.43 Å². The molecular weight excluding hydrogens is 264 g/mol. The molecule has 2 aromatic heterocycles. The minimum Gasteiger partial charge on any atom is -0.464 e. The Morgan fingerprint density at radius 3 is 2.76 bits per heavy atom. The molecule has 0 saturated heterocycles. The first-order chi connectivity index (χ1) is 7.97. The Labute approximate surface area is 106 Å². The van der Waals surface area contributed by atoms with E-state index in [4.69, 9.17) is 11.6 Å². The van der Waals surface area contributed by atoms with Gasteiger partial charge in [-0.25, -0.2) is 4.79 Å². The van der Waals surface area contributed by atoms with Crippen LogP contribution in [0.15, 0.2) is 4.79 Å². The number of halogens is 1. The van der Waals surface area contributed by atoms with Gasteiger partial charge in [0, 0.05) is 7.05 Å². The van der Waals surface area contributed by atoms with E-state index in [2.05, 4.69) is 9.84 Å². The monoisotopic (exact) mass is 272 g/mol. The fraction of sp³-hybridized carbons (Fsp3) is 0.300. The van der Waals surface area contributed by atoms with Gasteiger partial charge in [-0.15, -0.1) is 11.3 Å². The summed E-state index contributed by atoms with van der Waals surface area (Å²) >= 11 is 7.25. The van der Waals surface area contributed by atoms with Crippen molar-refractivity contribution in [3.8, 4) is 0 Å². The lowest BCUT2D eigenvalue weighted by atomic mass is 10.2. The van der Waals surface area contributed by atoms with Crippen molar-refractivity contribution in [3.63, 3.8) is 0 Å². The third-order valence-electron chi connectivity index (χ3n) is 2.43. The molecule has 0 aliphatic rings. The van der Waals surface area contributed by atoms with Crippen molar-refractivity contribution < 1.29 is 9.53 Å². The Kier molecular flexibility index (Phi) is 2.92. The first kappa shape index (κ1) is 12.1. The van der Waals surface area contributed by atoms with Gasteiger partial charge in [0.1, 0.15) is 4.83 Å². The Hall–Kier alpha value is -1.40. The summed E-state index contributed by atoms with van der Waals surface area (Å²) in [4.78, 5) is 24.2. The SMILES string of the molecule is COC(=O)c1nn(C)c2sc(Cl)c(C)c2c1=O. The van der Waals surface area contributed by atoms with Gasteiger partial charge in [0.2, 0.25) is 11.1 Å². The third-order valence-corrected chi connectivity index (χ3v) is 4.10. The van der Waals surface area contributed by atoms with Gasteiger partial charge in [0.15, 0.2) is 0 Å². The highest BCUT2D eigenvalue weighted by Gasteiger charge is 2.20. The van der Waals surface area contributed by atoms with Gasteiger partial charge in [-0.1, -0.05) is 11.6 Å². The molecule has 0 fully saturated rings. The molecule has 0 radical (unpaired) electrons. The molecule has 0 N–H and O–H groups in total. The lowest BCUT2D eigenvalue weighted by Gasteiger charge is -2.03. The summed E-state index contributed by atoms with van der Waals surface area (Å²) in [5.74, 6) is -0.741. The number of carbonyl (C=O) groups is 1. The van der Waals surface area contributed by atoms with Gasteiger partial charge in [-0.05, 0) is 12.5 Å². The number of esters is 1. The molecule has 0 saturated carbocycles. The molecule has 0 aromatic carbocycles. The maximum atomic E-state index is 12.1. The molecule has 0 bridgehead atoms. The van der Waals surface area contributed by atoms with Crippen LogP contribution in [0, 0.1) is 6.92 Å². The summed E-state index contributed by atoms with van der Waals surface area (Å²) < 4.78 is 6.51. The lowest BCUT2D eigenvalue weighted by Crippen LogP contribution is -2.22. The number of rotatable bonds is 1. The van der Waals surface area contributed by atoms with E-state index in [1.807, 2.05) is 0 Å². The van der Waals surface area contributed by atoms with E-state index in [9.17, 15) is 9.59 Å². The quantitative estimate of drug-likeness (QED) is 0.742. The Morgan fingerprint density at radius 1 is 1.53 bits per heavy atom. The molecule has 90 valence electrons. The highest BCUT2D eigenvalue weighted by atomic mass is 35.5. The summed E-state index contributed by atoms with van der Waals surface area (Å²) in [6, 6.07) is 0. The van der Waals surface area contributed by atoms with Crippen LogP contribution >= 0.6 is 22.9 Å². The molecule has 0 aliphatic heterocycles. The largest absolute Gasteiger partial charge is 0.464 e. The van der Waals surface area contributed by atoms with E-state index >= 15 is 0 Å². The molecule has 2 rings (SSSR count). The second kappa shape index (κ2) is 4.12. The number of carbonyl (C=O) groups excluding carboxylic acids is 1. The van der Waals surface area contributed by atoms with Crippen LogP contribution in [0.3, 0.4) is 0 Å². The standard InChI is InChI=1S/C10H9ClN2O3S/c1-4-5-7(14)6(10(15)16-3)12-13(2)9(5)17-8(4)11/h1-3H3. The van der Waals surface area contributed by atoms with Gasteiger partial charge in [-0.2, -0.15) is 5.10 Å². The van der Waals surface area contributed by atoms with Crippen LogP contribution in [-0.4, -0.2) is 22.9 Å². The number of ether oxygens (including phenoxy) is 1. The zero-order chi connectivity index (χ0) is 12.7. The number of aromatic nitrogens is 2. The topological polar surface area (TPSA) is 61.2 Å². The number of fused-ring (bicyclic) bond motifs is 1. The molecule has 0 aliphatic carbocycles. The van der Waals surface area contributed by atoms with E-state index in [-0.39, 0.29) is 5.69 Å². The first-order valence-electron chi connectivity index (χ1n) is 4.71. The van der Waals surface area contributed by atoms with Gasteiger partial charge in [-0.3, -0.25) is 9.48 Å². The summed E-state index contributed by atoms with van der Waals surface area (Å²) in [7, 11) is 2.86. The van der Waals surface area contributed by atoms with Crippen molar-refractivity contribution in [1.82, 2.24) is 9.78 Å². The summed E-state index contributed by atoms with van der Waals surface area (Å²) in [5, 5.41) is 4.34. The molecule has 0 amide bonds. The second-order valence-corrected chi connectivity index (χ2v) is 5.07. The van der Waals surface area contributed by atoms with Crippen LogP contribution in [0.4, 0.5) is 0 Å². The van der Waals surface area contributed by atoms with Crippen molar-refractivity contribution in [2.45, 2.75) is 6.92 Å². The molecule has 2 aromatic rings. The molecule has 0 unspecified atom stereocenters. The molecule has 0 atom stereocenters. The van der Waals surface area contributed by atoms with Gasteiger partial charge in [0.25, 0.3) is 0 Å². The van der Waals surface area contributed by atoms with E-state index in [0.29, 0.717) is 20.1 Å². The van der Waals surface area contributed by atoms with E-state index in [1.165, 1.54) is 23.1 Å². The average Bonchev–Trinajstić information content (AvgIpc) is 2.60. The Bertz CT molecular complexity index is 674. The summed E-state index contributed by atoms with van der Waals surface area (Å²) in [6.07, 6.45) is 0. The molecule has 0 spiro atoms. The zero-order valence-corrected chi connectivity index (χ0v) is 11.0. The number of hydrogen-bond acceptors (Lipinski definition) is 5. The van der Waals surface area contributed by atoms with Crippen LogP contribution in [0.1, 0.15) is 16.1 Å². The van der Waals surface area contributed by atoms with Crippen LogP contribution in [0.2, 0.25) is 4.34 Å². The van der Waals surface area contributed by atoms with Crippen LogP contribution in [-0.2, 0) is 11.8 Å². The zero-order valence-electron chi connectivity index (χ0n) is 9.41. The minimum absolute atomic E-state index is 0.222. The number of hydrogen-bond donors (Lipinski definition) is 0. The predicted molar refractivity (Wildman–Crippen MR) is 65.9 cm³/mol. The molecule has 2 heterocycles. The molecule has 5 nitrogen and oxygen atoms in total. The number of nitrogens with zero attached hydrogens (tertiary/aromatic N) is 2. The van der Waals surface area contributed by atoms with Crippen LogP contribution in [0.5, 0.6) is 0 Å². The van der Waals surface area contributed by atoms with Gasteiger partial charge < -0.3 is 4.74 Å². The highest BCUT2D eigenvalue weighted by Crippen LogP contribution is 2.31. The summed E-state index contributed by atoms with van der Waals surface area (Å²) in [6.45, 7) is 1.74. The Morgan fingerprint density at radius 2 is 2.18 bits per heavy atom. The fourth-order valence-corrected chi connectivity index (χ4v) is 2.82. The maximum Gasteiger partial charge on any atom is 0.362 e. The van der Waals surface area contributed by atoms with Gasteiger partial charge >= 0.3 is 5.97 Å². The predicted octanol–water partition coefficient (Wildman–Crippen LogP) is 1.74.